The molecule has 0 bridgehead atoms. The maximum Gasteiger partial charge on any atom is 0.238 e. The molecule has 0 saturated carbocycles. The first-order valence-corrected chi connectivity index (χ1v) is 6.87. The SMILES string of the molecule is CON=C(CN1CCCCC1)C(=O)SCCO. The number of aliphatic hydroxyl groups is 1. The number of rotatable bonds is 6. The largest absolute Gasteiger partial charge is 0.399 e. The second kappa shape index (κ2) is 8.49. The first-order valence-electron chi connectivity index (χ1n) is 5.88. The van der Waals surface area contributed by atoms with Crippen LogP contribution in [0.3, 0.4) is 0 Å². The van der Waals surface area contributed by atoms with Gasteiger partial charge >= 0.3 is 0 Å². The predicted molar refractivity (Wildman–Crippen MR) is 69.3 cm³/mol. The number of oxime groups is 1. The Morgan fingerprint density at radius 2 is 2.12 bits per heavy atom. The van der Waals surface area contributed by atoms with Crippen LogP contribution in [-0.4, -0.2) is 59.9 Å². The van der Waals surface area contributed by atoms with Crippen LogP contribution >= 0.6 is 11.8 Å². The number of piperidine rings is 1. The Labute approximate surface area is 106 Å². The molecule has 5 nitrogen and oxygen atoms in total. The fourth-order valence-electron chi connectivity index (χ4n) is 1.79. The fourth-order valence-corrected chi connectivity index (χ4v) is 2.34. The average molecular weight is 260 g/mol. The number of hydrogen-bond acceptors (Lipinski definition) is 6. The highest BCUT2D eigenvalue weighted by Crippen LogP contribution is 2.10. The third kappa shape index (κ3) is 5.52. The van der Waals surface area contributed by atoms with E-state index in [2.05, 4.69) is 10.1 Å². The van der Waals surface area contributed by atoms with E-state index >= 15 is 0 Å². The highest BCUT2D eigenvalue weighted by atomic mass is 32.2. The summed E-state index contributed by atoms with van der Waals surface area (Å²) >= 11 is 1.09. The number of likely N-dealkylation sites (tertiary alicyclic amines) is 1. The second-order valence-electron chi connectivity index (χ2n) is 3.92. The van der Waals surface area contributed by atoms with Crippen LogP contribution in [0.15, 0.2) is 5.16 Å². The van der Waals surface area contributed by atoms with Gasteiger partial charge in [-0.3, -0.25) is 9.69 Å². The van der Waals surface area contributed by atoms with E-state index < -0.39 is 0 Å². The number of carbonyl (C=O) groups is 1. The Morgan fingerprint density at radius 1 is 1.41 bits per heavy atom. The minimum Gasteiger partial charge on any atom is -0.399 e. The van der Waals surface area contributed by atoms with Gasteiger partial charge in [-0.1, -0.05) is 23.3 Å². The van der Waals surface area contributed by atoms with Crippen LogP contribution in [0.1, 0.15) is 19.3 Å². The average Bonchev–Trinajstić information content (AvgIpc) is 2.36. The zero-order chi connectivity index (χ0) is 12.5. The maximum absolute atomic E-state index is 11.8. The Bertz CT molecular complexity index is 265. The summed E-state index contributed by atoms with van der Waals surface area (Å²) in [4.78, 5) is 18.7. The van der Waals surface area contributed by atoms with Gasteiger partial charge in [-0.15, -0.1) is 0 Å². The van der Waals surface area contributed by atoms with Gasteiger partial charge in [-0.05, 0) is 25.9 Å². The Morgan fingerprint density at radius 3 is 2.71 bits per heavy atom. The summed E-state index contributed by atoms with van der Waals surface area (Å²) in [6.45, 7) is 2.58. The van der Waals surface area contributed by atoms with Crippen molar-refractivity contribution in [2.45, 2.75) is 19.3 Å². The van der Waals surface area contributed by atoms with Crippen molar-refractivity contribution in [3.8, 4) is 0 Å². The Hall–Kier alpha value is -0.590. The molecule has 0 aromatic heterocycles. The van der Waals surface area contributed by atoms with Crippen molar-refractivity contribution in [3.05, 3.63) is 0 Å². The van der Waals surface area contributed by atoms with Crippen molar-refractivity contribution in [1.29, 1.82) is 0 Å². The van der Waals surface area contributed by atoms with Gasteiger partial charge in [0.1, 0.15) is 12.8 Å². The Kier molecular flexibility index (Phi) is 7.23. The van der Waals surface area contributed by atoms with E-state index in [0.717, 1.165) is 24.9 Å². The summed E-state index contributed by atoms with van der Waals surface area (Å²) in [5.74, 6) is 0.404. The van der Waals surface area contributed by atoms with E-state index in [4.69, 9.17) is 9.94 Å². The lowest BCUT2D eigenvalue weighted by Gasteiger charge is -2.26. The van der Waals surface area contributed by atoms with E-state index in [0.29, 0.717) is 18.0 Å². The minimum absolute atomic E-state index is 0.000380. The molecule has 1 aliphatic rings. The molecule has 0 spiro atoms. The van der Waals surface area contributed by atoms with Crippen LogP contribution in [0.5, 0.6) is 0 Å². The second-order valence-corrected chi connectivity index (χ2v) is 4.98. The summed E-state index contributed by atoms with van der Waals surface area (Å²) in [6.07, 6.45) is 3.62. The van der Waals surface area contributed by atoms with Gasteiger partial charge in [-0.2, -0.15) is 0 Å². The lowest BCUT2D eigenvalue weighted by molar-refractivity contribution is -0.105. The molecule has 1 N–H and O–H groups in total. The van der Waals surface area contributed by atoms with E-state index in [1.807, 2.05) is 0 Å². The van der Waals surface area contributed by atoms with Crippen molar-refractivity contribution in [1.82, 2.24) is 4.90 Å². The number of nitrogens with zero attached hydrogens (tertiary/aromatic N) is 2. The zero-order valence-electron chi connectivity index (χ0n) is 10.2. The lowest BCUT2D eigenvalue weighted by Crippen LogP contribution is -2.36. The van der Waals surface area contributed by atoms with Crippen LogP contribution in [0.25, 0.3) is 0 Å². The predicted octanol–water partition coefficient (Wildman–Crippen LogP) is 0.727. The van der Waals surface area contributed by atoms with Gasteiger partial charge in [0.05, 0.1) is 6.61 Å². The highest BCUT2D eigenvalue weighted by Gasteiger charge is 2.18. The number of carbonyl (C=O) groups excluding carboxylic acids is 1. The normalized spacial score (nSPS) is 18.1. The van der Waals surface area contributed by atoms with Gasteiger partial charge in [0, 0.05) is 12.3 Å². The van der Waals surface area contributed by atoms with Gasteiger partial charge < -0.3 is 9.94 Å². The summed E-state index contributed by atoms with van der Waals surface area (Å²) in [6, 6.07) is 0. The number of hydrogen-bond donors (Lipinski definition) is 1. The molecule has 98 valence electrons. The van der Waals surface area contributed by atoms with Crippen molar-refractivity contribution in [2.24, 2.45) is 5.16 Å². The molecule has 6 heteroatoms. The lowest BCUT2D eigenvalue weighted by atomic mass is 10.1. The molecule has 17 heavy (non-hydrogen) atoms. The molecular formula is C11H20N2O3S. The molecule has 0 unspecified atom stereocenters. The molecular weight excluding hydrogens is 240 g/mol. The van der Waals surface area contributed by atoms with E-state index in [1.165, 1.54) is 26.4 Å². The van der Waals surface area contributed by atoms with E-state index in [-0.39, 0.29) is 11.7 Å². The van der Waals surface area contributed by atoms with Crippen LogP contribution in [0.4, 0.5) is 0 Å². The van der Waals surface area contributed by atoms with Crippen molar-refractivity contribution in [3.63, 3.8) is 0 Å². The monoisotopic (exact) mass is 260 g/mol. The molecule has 0 radical (unpaired) electrons. The summed E-state index contributed by atoms with van der Waals surface area (Å²) in [5.41, 5.74) is 0.438. The standard InChI is InChI=1S/C11H20N2O3S/c1-16-12-10(11(15)17-8-7-14)9-13-5-3-2-4-6-13/h14H,2-9H2,1H3. The van der Waals surface area contributed by atoms with E-state index in [1.54, 1.807) is 0 Å². The van der Waals surface area contributed by atoms with Gasteiger partial charge in [0.2, 0.25) is 5.12 Å². The molecule has 0 atom stereocenters. The highest BCUT2D eigenvalue weighted by molar-refractivity contribution is 8.15. The third-order valence-corrected chi connectivity index (χ3v) is 3.47. The van der Waals surface area contributed by atoms with Gasteiger partial charge in [-0.25, -0.2) is 0 Å². The van der Waals surface area contributed by atoms with Crippen molar-refractivity contribution in [2.75, 3.05) is 39.1 Å². The summed E-state index contributed by atoms with van der Waals surface area (Å²) in [5, 5.41) is 12.4. The molecule has 0 aromatic carbocycles. The topological polar surface area (TPSA) is 62.1 Å². The maximum atomic E-state index is 11.8. The minimum atomic E-state index is -0.105. The summed E-state index contributed by atoms with van der Waals surface area (Å²) < 4.78 is 0. The smallest absolute Gasteiger partial charge is 0.238 e. The van der Waals surface area contributed by atoms with Crippen LogP contribution in [0.2, 0.25) is 0 Å². The molecule has 0 amide bonds. The molecule has 1 fully saturated rings. The molecule has 1 aliphatic heterocycles. The molecule has 0 aromatic rings. The first kappa shape index (κ1) is 14.5. The quantitative estimate of drug-likeness (QED) is 0.563. The fraction of sp³-hybridized carbons (Fsp3) is 0.818. The van der Waals surface area contributed by atoms with Crippen molar-refractivity contribution < 1.29 is 14.7 Å². The number of thioether (sulfide) groups is 1. The molecule has 1 saturated heterocycles. The Balaban J connectivity index is 2.47. The van der Waals surface area contributed by atoms with Crippen LogP contribution < -0.4 is 0 Å². The van der Waals surface area contributed by atoms with Gasteiger partial charge in [0.15, 0.2) is 0 Å². The van der Waals surface area contributed by atoms with Crippen LogP contribution in [-0.2, 0) is 9.63 Å². The molecule has 0 aliphatic carbocycles. The zero-order valence-corrected chi connectivity index (χ0v) is 11.0. The van der Waals surface area contributed by atoms with Gasteiger partial charge in [0.25, 0.3) is 0 Å². The first-order chi connectivity index (χ1) is 8.27. The van der Waals surface area contributed by atoms with Crippen molar-refractivity contribution >= 4 is 22.6 Å². The third-order valence-electron chi connectivity index (χ3n) is 2.58. The van der Waals surface area contributed by atoms with Crippen LogP contribution in [0, 0.1) is 0 Å². The van der Waals surface area contributed by atoms with E-state index in [9.17, 15) is 4.79 Å². The molecule has 1 rings (SSSR count). The number of aliphatic hydroxyl groups excluding tert-OH is 1. The summed E-state index contributed by atoms with van der Waals surface area (Å²) in [7, 11) is 1.44. The molecule has 1 heterocycles.